The molecule has 0 radical (unpaired) electrons. The first-order chi connectivity index (χ1) is 8.95. The molecule has 0 atom stereocenters. The fourth-order valence-corrected chi connectivity index (χ4v) is 1.86. The second-order valence-corrected chi connectivity index (χ2v) is 4.82. The van der Waals surface area contributed by atoms with Gasteiger partial charge in [-0.2, -0.15) is 0 Å². The number of carbonyl (C=O) groups excluding carboxylic acids is 2. The van der Waals surface area contributed by atoms with Crippen molar-refractivity contribution < 1.29 is 14.3 Å². The molecule has 0 fully saturated rings. The Hall–Kier alpha value is -1.84. The number of rotatable bonds is 5. The van der Waals surface area contributed by atoms with Crippen molar-refractivity contribution >= 4 is 17.6 Å². The number of para-hydroxylation sites is 1. The van der Waals surface area contributed by atoms with E-state index >= 15 is 0 Å². The van der Waals surface area contributed by atoms with Crippen molar-refractivity contribution in [1.29, 1.82) is 0 Å². The molecule has 0 aliphatic heterocycles. The van der Waals surface area contributed by atoms with Gasteiger partial charge in [-0.3, -0.25) is 9.59 Å². The van der Waals surface area contributed by atoms with Crippen LogP contribution in [0.1, 0.15) is 43.7 Å². The van der Waals surface area contributed by atoms with E-state index in [9.17, 15) is 9.59 Å². The first-order valence-corrected chi connectivity index (χ1v) is 6.42. The maximum absolute atomic E-state index is 11.8. The lowest BCUT2D eigenvalue weighted by Gasteiger charge is -2.16. The zero-order valence-corrected chi connectivity index (χ0v) is 11.9. The molecule has 1 aromatic rings. The number of hydrogen-bond donors (Lipinski definition) is 1. The third kappa shape index (κ3) is 4.39. The Labute approximate surface area is 114 Å². The number of ether oxygens (including phenoxy) is 1. The molecule has 1 N–H and O–H groups in total. The Balaban J connectivity index is 2.76. The van der Waals surface area contributed by atoms with Gasteiger partial charge in [-0.15, -0.1) is 0 Å². The smallest absolute Gasteiger partial charge is 0.306 e. The van der Waals surface area contributed by atoms with E-state index in [1.807, 2.05) is 25.1 Å². The molecule has 0 unspecified atom stereocenters. The monoisotopic (exact) mass is 263 g/mol. The summed E-state index contributed by atoms with van der Waals surface area (Å²) >= 11 is 0. The molecular weight excluding hydrogens is 242 g/mol. The summed E-state index contributed by atoms with van der Waals surface area (Å²) in [6.07, 6.45) is 0.240. The first-order valence-electron chi connectivity index (χ1n) is 6.42. The Morgan fingerprint density at radius 1 is 1.26 bits per heavy atom. The normalized spacial score (nSPS) is 10.4. The van der Waals surface area contributed by atoms with Crippen LogP contribution in [0.2, 0.25) is 0 Å². The first kappa shape index (κ1) is 15.2. The Morgan fingerprint density at radius 2 is 1.95 bits per heavy atom. The van der Waals surface area contributed by atoms with Crippen LogP contribution in [-0.4, -0.2) is 19.0 Å². The van der Waals surface area contributed by atoms with Crippen molar-refractivity contribution in [1.82, 2.24) is 0 Å². The predicted octanol–water partition coefficient (Wildman–Crippen LogP) is 3.01. The van der Waals surface area contributed by atoms with Gasteiger partial charge < -0.3 is 10.1 Å². The van der Waals surface area contributed by atoms with Gasteiger partial charge in [0, 0.05) is 12.1 Å². The van der Waals surface area contributed by atoms with E-state index in [2.05, 4.69) is 23.9 Å². The van der Waals surface area contributed by atoms with Gasteiger partial charge >= 0.3 is 5.97 Å². The summed E-state index contributed by atoms with van der Waals surface area (Å²) in [6.45, 7) is 6.12. The summed E-state index contributed by atoms with van der Waals surface area (Å²) in [4.78, 5) is 22.8. The summed E-state index contributed by atoms with van der Waals surface area (Å²) in [7, 11) is 1.32. The minimum atomic E-state index is -0.371. The van der Waals surface area contributed by atoms with Crippen LogP contribution in [0.3, 0.4) is 0 Å². The molecule has 0 bridgehead atoms. The van der Waals surface area contributed by atoms with Crippen LogP contribution in [0, 0.1) is 6.92 Å². The quantitative estimate of drug-likeness (QED) is 0.831. The molecule has 0 aliphatic carbocycles. The van der Waals surface area contributed by atoms with Crippen molar-refractivity contribution in [3.05, 3.63) is 29.3 Å². The summed E-state index contributed by atoms with van der Waals surface area (Å²) in [5.74, 6) is -0.207. The minimum absolute atomic E-state index is 0.102. The molecule has 19 heavy (non-hydrogen) atoms. The van der Waals surface area contributed by atoms with E-state index in [-0.39, 0.29) is 24.7 Å². The van der Waals surface area contributed by atoms with Crippen LogP contribution in [0.25, 0.3) is 0 Å². The summed E-state index contributed by atoms with van der Waals surface area (Å²) in [5, 5.41) is 2.89. The van der Waals surface area contributed by atoms with Crippen LogP contribution in [0.15, 0.2) is 18.2 Å². The van der Waals surface area contributed by atoms with E-state index in [4.69, 9.17) is 0 Å². The molecule has 0 heterocycles. The number of amides is 1. The lowest BCUT2D eigenvalue weighted by Crippen LogP contribution is -2.16. The van der Waals surface area contributed by atoms with Gasteiger partial charge in [0.2, 0.25) is 5.91 Å². The highest BCUT2D eigenvalue weighted by Gasteiger charge is 2.13. The van der Waals surface area contributed by atoms with E-state index in [0.717, 1.165) is 16.8 Å². The third-order valence-electron chi connectivity index (χ3n) is 2.98. The van der Waals surface area contributed by atoms with Crippen LogP contribution < -0.4 is 5.32 Å². The minimum Gasteiger partial charge on any atom is -0.469 e. The number of benzene rings is 1. The predicted molar refractivity (Wildman–Crippen MR) is 75.1 cm³/mol. The van der Waals surface area contributed by atoms with E-state index in [0.29, 0.717) is 5.92 Å². The molecule has 0 aliphatic rings. The zero-order valence-electron chi connectivity index (χ0n) is 11.9. The number of methoxy groups -OCH3 is 1. The van der Waals surface area contributed by atoms with Gasteiger partial charge in [-0.25, -0.2) is 0 Å². The second kappa shape index (κ2) is 6.92. The van der Waals surface area contributed by atoms with Crippen molar-refractivity contribution in [3.8, 4) is 0 Å². The molecular formula is C15H21NO3. The Kier molecular flexibility index (Phi) is 5.55. The van der Waals surface area contributed by atoms with Gasteiger partial charge in [-0.1, -0.05) is 32.0 Å². The van der Waals surface area contributed by atoms with Crippen molar-refractivity contribution in [3.63, 3.8) is 0 Å². The Morgan fingerprint density at radius 3 is 2.53 bits per heavy atom. The fraction of sp³-hybridized carbons (Fsp3) is 0.467. The van der Waals surface area contributed by atoms with Gasteiger partial charge in [-0.05, 0) is 24.0 Å². The summed E-state index contributed by atoms with van der Waals surface area (Å²) < 4.78 is 4.52. The highest BCUT2D eigenvalue weighted by molar-refractivity contribution is 5.94. The maximum atomic E-state index is 11.8. The molecule has 0 saturated carbocycles. The average Bonchev–Trinajstić information content (AvgIpc) is 2.38. The standard InChI is InChI=1S/C15H21NO3/c1-10(2)12-7-5-6-11(3)15(12)16-13(17)8-9-14(18)19-4/h5-7,10H,8-9H2,1-4H3,(H,16,17). The van der Waals surface area contributed by atoms with Gasteiger partial charge in [0.25, 0.3) is 0 Å². The number of carbonyl (C=O) groups is 2. The highest BCUT2D eigenvalue weighted by Crippen LogP contribution is 2.27. The molecule has 1 amide bonds. The van der Waals surface area contributed by atoms with Crippen LogP contribution in [0.4, 0.5) is 5.69 Å². The second-order valence-electron chi connectivity index (χ2n) is 4.82. The molecule has 1 aromatic carbocycles. The summed E-state index contributed by atoms with van der Waals surface area (Å²) in [6, 6.07) is 5.95. The van der Waals surface area contributed by atoms with Gasteiger partial charge in [0.05, 0.1) is 13.5 Å². The highest BCUT2D eigenvalue weighted by atomic mass is 16.5. The SMILES string of the molecule is COC(=O)CCC(=O)Nc1c(C)cccc1C(C)C. The maximum Gasteiger partial charge on any atom is 0.306 e. The molecule has 0 spiro atoms. The van der Waals surface area contributed by atoms with E-state index in [1.165, 1.54) is 7.11 Å². The summed E-state index contributed by atoms with van der Waals surface area (Å²) in [5.41, 5.74) is 2.98. The van der Waals surface area contributed by atoms with Gasteiger partial charge in [0.15, 0.2) is 0 Å². The van der Waals surface area contributed by atoms with Crippen molar-refractivity contribution in [2.75, 3.05) is 12.4 Å². The van der Waals surface area contributed by atoms with E-state index < -0.39 is 0 Å². The lowest BCUT2D eigenvalue weighted by molar-refractivity contribution is -0.141. The average molecular weight is 263 g/mol. The number of aryl methyl sites for hydroxylation is 1. The molecule has 4 nitrogen and oxygen atoms in total. The fourth-order valence-electron chi connectivity index (χ4n) is 1.86. The van der Waals surface area contributed by atoms with Crippen LogP contribution in [-0.2, 0) is 14.3 Å². The van der Waals surface area contributed by atoms with Crippen molar-refractivity contribution in [2.24, 2.45) is 0 Å². The van der Waals surface area contributed by atoms with Crippen molar-refractivity contribution in [2.45, 2.75) is 39.5 Å². The molecule has 0 saturated heterocycles. The Bertz CT molecular complexity index is 466. The van der Waals surface area contributed by atoms with Crippen LogP contribution >= 0.6 is 0 Å². The van der Waals surface area contributed by atoms with E-state index in [1.54, 1.807) is 0 Å². The van der Waals surface area contributed by atoms with Crippen LogP contribution in [0.5, 0.6) is 0 Å². The topological polar surface area (TPSA) is 55.4 Å². The van der Waals surface area contributed by atoms with Gasteiger partial charge in [0.1, 0.15) is 0 Å². The number of esters is 1. The lowest BCUT2D eigenvalue weighted by atomic mass is 9.98. The third-order valence-corrected chi connectivity index (χ3v) is 2.98. The molecule has 1 rings (SSSR count). The molecule has 4 heteroatoms. The zero-order chi connectivity index (χ0) is 14.4. The number of nitrogens with one attached hydrogen (secondary N) is 1. The number of hydrogen-bond acceptors (Lipinski definition) is 3. The molecule has 104 valence electrons. The number of anilines is 1. The largest absolute Gasteiger partial charge is 0.469 e. The molecule has 0 aromatic heterocycles.